The molecule has 20 heavy (non-hydrogen) atoms. The topological polar surface area (TPSA) is 17.8 Å². The normalized spacial score (nSPS) is 26.6. The molecular weight excluding hydrogens is 359 g/mol. The van der Waals surface area contributed by atoms with E-state index in [1.807, 2.05) is 6.20 Å². The lowest BCUT2D eigenvalue weighted by molar-refractivity contribution is 0.211. The second kappa shape index (κ2) is 5.88. The summed E-state index contributed by atoms with van der Waals surface area (Å²) >= 11 is 2.37. The molecule has 1 aromatic carbocycles. The van der Waals surface area contributed by atoms with Crippen LogP contribution in [0.5, 0.6) is 0 Å². The highest BCUT2D eigenvalue weighted by Gasteiger charge is 2.26. The first kappa shape index (κ1) is 14.1. The van der Waals surface area contributed by atoms with Gasteiger partial charge in [-0.2, -0.15) is 0 Å². The van der Waals surface area contributed by atoms with Gasteiger partial charge in [0.05, 0.1) is 0 Å². The number of halogens is 1. The molecule has 2 aromatic rings. The Morgan fingerprint density at radius 3 is 2.80 bits per heavy atom. The fourth-order valence-electron chi connectivity index (χ4n) is 3.23. The molecule has 0 amide bonds. The summed E-state index contributed by atoms with van der Waals surface area (Å²) in [6.07, 6.45) is 7.98. The van der Waals surface area contributed by atoms with E-state index in [4.69, 9.17) is 0 Å². The van der Waals surface area contributed by atoms with Gasteiger partial charge < -0.3 is 4.57 Å². The minimum atomic E-state index is 0.608. The van der Waals surface area contributed by atoms with Crippen molar-refractivity contribution < 1.29 is 0 Å². The number of imidazole rings is 1. The van der Waals surface area contributed by atoms with Crippen molar-refractivity contribution >= 4 is 22.6 Å². The molecule has 1 aromatic heterocycles. The molecule has 0 radical (unpaired) electrons. The van der Waals surface area contributed by atoms with Gasteiger partial charge in [0.2, 0.25) is 0 Å². The van der Waals surface area contributed by atoms with Gasteiger partial charge in [0.25, 0.3) is 0 Å². The molecule has 3 heteroatoms. The summed E-state index contributed by atoms with van der Waals surface area (Å²) in [5.74, 6) is 2.78. The minimum Gasteiger partial charge on any atom is -0.328 e. The molecule has 3 atom stereocenters. The van der Waals surface area contributed by atoms with Crippen molar-refractivity contribution in [2.24, 2.45) is 11.8 Å². The van der Waals surface area contributed by atoms with Gasteiger partial charge in [-0.15, -0.1) is 0 Å². The van der Waals surface area contributed by atoms with Crippen LogP contribution in [0.4, 0.5) is 0 Å². The third-order valence-corrected chi connectivity index (χ3v) is 5.39. The molecule has 1 fully saturated rings. The molecule has 1 aliphatic carbocycles. The van der Waals surface area contributed by atoms with Gasteiger partial charge in [-0.05, 0) is 65.8 Å². The molecular formula is C17H21IN2. The summed E-state index contributed by atoms with van der Waals surface area (Å²) in [6, 6.07) is 9.23. The molecule has 0 aliphatic heterocycles. The maximum Gasteiger partial charge on any atom is 0.140 e. The summed E-state index contributed by atoms with van der Waals surface area (Å²) in [4.78, 5) is 4.61. The summed E-state index contributed by atoms with van der Waals surface area (Å²) in [6.45, 7) is 4.77. The molecule has 1 saturated carbocycles. The van der Waals surface area contributed by atoms with E-state index in [0.29, 0.717) is 6.04 Å². The molecule has 0 bridgehead atoms. The van der Waals surface area contributed by atoms with Crippen LogP contribution in [-0.2, 0) is 0 Å². The highest BCUT2D eigenvalue weighted by molar-refractivity contribution is 14.1. The van der Waals surface area contributed by atoms with E-state index in [0.717, 1.165) is 17.7 Å². The van der Waals surface area contributed by atoms with Crippen molar-refractivity contribution in [1.82, 2.24) is 9.55 Å². The van der Waals surface area contributed by atoms with Crippen molar-refractivity contribution in [2.75, 3.05) is 0 Å². The van der Waals surface area contributed by atoms with Crippen LogP contribution in [0.1, 0.15) is 39.2 Å². The first-order chi connectivity index (χ1) is 9.65. The largest absolute Gasteiger partial charge is 0.328 e. The highest BCUT2D eigenvalue weighted by Crippen LogP contribution is 2.38. The van der Waals surface area contributed by atoms with Crippen LogP contribution in [0, 0.1) is 15.4 Å². The molecule has 2 nitrogen and oxygen atoms in total. The lowest BCUT2D eigenvalue weighted by Crippen LogP contribution is -2.23. The second-order valence-electron chi connectivity index (χ2n) is 6.09. The standard InChI is InChI=1S/C17H21IN2/c1-12-6-7-16(10-13(12)2)20-9-8-19-17(20)14-4-3-5-15(18)11-14/h3-5,8-9,11-13,16H,6-7,10H2,1-2H3. The van der Waals surface area contributed by atoms with Gasteiger partial charge in [0, 0.05) is 27.6 Å². The molecule has 106 valence electrons. The average Bonchev–Trinajstić information content (AvgIpc) is 2.91. The fourth-order valence-corrected chi connectivity index (χ4v) is 3.77. The van der Waals surface area contributed by atoms with E-state index in [-0.39, 0.29) is 0 Å². The maximum atomic E-state index is 4.61. The van der Waals surface area contributed by atoms with E-state index in [1.54, 1.807) is 0 Å². The summed E-state index contributed by atoms with van der Waals surface area (Å²) in [5.41, 5.74) is 1.23. The molecule has 1 heterocycles. The van der Waals surface area contributed by atoms with Crippen LogP contribution in [0.3, 0.4) is 0 Å². The van der Waals surface area contributed by atoms with Gasteiger partial charge in [0.1, 0.15) is 5.82 Å². The molecule has 3 rings (SSSR count). The van der Waals surface area contributed by atoms with E-state index in [2.05, 4.69) is 76.5 Å². The van der Waals surface area contributed by atoms with E-state index in [9.17, 15) is 0 Å². The van der Waals surface area contributed by atoms with Crippen molar-refractivity contribution in [1.29, 1.82) is 0 Å². The number of nitrogens with zero attached hydrogens (tertiary/aromatic N) is 2. The molecule has 0 N–H and O–H groups in total. The number of hydrogen-bond donors (Lipinski definition) is 0. The fraction of sp³-hybridized carbons (Fsp3) is 0.471. The van der Waals surface area contributed by atoms with Gasteiger partial charge in [-0.1, -0.05) is 26.0 Å². The predicted octanol–water partition coefficient (Wildman–Crippen LogP) is 5.15. The predicted molar refractivity (Wildman–Crippen MR) is 91.6 cm³/mol. The SMILES string of the molecule is CC1CCC(n2ccnc2-c2cccc(I)c2)CC1C. The van der Waals surface area contributed by atoms with Crippen molar-refractivity contribution in [3.05, 3.63) is 40.2 Å². The third kappa shape index (κ3) is 2.78. The van der Waals surface area contributed by atoms with Crippen molar-refractivity contribution in [3.8, 4) is 11.4 Å². The van der Waals surface area contributed by atoms with Crippen LogP contribution in [0.25, 0.3) is 11.4 Å². The zero-order valence-electron chi connectivity index (χ0n) is 12.1. The lowest BCUT2D eigenvalue weighted by atomic mass is 9.79. The Morgan fingerprint density at radius 1 is 1.20 bits per heavy atom. The maximum absolute atomic E-state index is 4.61. The quantitative estimate of drug-likeness (QED) is 0.659. The number of aromatic nitrogens is 2. The van der Waals surface area contributed by atoms with Crippen LogP contribution in [-0.4, -0.2) is 9.55 Å². The van der Waals surface area contributed by atoms with Gasteiger partial charge in [0.15, 0.2) is 0 Å². The summed E-state index contributed by atoms with van der Waals surface area (Å²) < 4.78 is 3.66. The monoisotopic (exact) mass is 380 g/mol. The zero-order valence-corrected chi connectivity index (χ0v) is 14.2. The molecule has 3 unspecified atom stereocenters. The lowest BCUT2D eigenvalue weighted by Gasteiger charge is -2.33. The molecule has 0 spiro atoms. The Labute approximate surface area is 134 Å². The third-order valence-electron chi connectivity index (χ3n) is 4.72. The minimum absolute atomic E-state index is 0.608. The van der Waals surface area contributed by atoms with E-state index in [1.165, 1.54) is 28.4 Å². The second-order valence-corrected chi connectivity index (χ2v) is 7.34. The van der Waals surface area contributed by atoms with E-state index < -0.39 is 0 Å². The number of rotatable bonds is 2. The van der Waals surface area contributed by atoms with Gasteiger partial charge >= 0.3 is 0 Å². The highest BCUT2D eigenvalue weighted by atomic mass is 127. The first-order valence-corrected chi connectivity index (χ1v) is 8.52. The smallest absolute Gasteiger partial charge is 0.140 e. The van der Waals surface area contributed by atoms with Crippen molar-refractivity contribution in [3.63, 3.8) is 0 Å². The number of benzene rings is 1. The Bertz CT molecular complexity index is 590. The first-order valence-electron chi connectivity index (χ1n) is 7.44. The van der Waals surface area contributed by atoms with Crippen LogP contribution >= 0.6 is 22.6 Å². The van der Waals surface area contributed by atoms with Crippen molar-refractivity contribution in [2.45, 2.75) is 39.2 Å². The zero-order chi connectivity index (χ0) is 14.1. The summed E-state index contributed by atoms with van der Waals surface area (Å²) in [5, 5.41) is 0. The number of hydrogen-bond acceptors (Lipinski definition) is 1. The average molecular weight is 380 g/mol. The van der Waals surface area contributed by atoms with Crippen LogP contribution in [0.2, 0.25) is 0 Å². The Hall–Kier alpha value is -0.840. The summed E-state index contributed by atoms with van der Waals surface area (Å²) in [7, 11) is 0. The molecule has 1 aliphatic rings. The van der Waals surface area contributed by atoms with Crippen LogP contribution < -0.4 is 0 Å². The van der Waals surface area contributed by atoms with E-state index >= 15 is 0 Å². The molecule has 0 saturated heterocycles. The van der Waals surface area contributed by atoms with Gasteiger partial charge in [-0.25, -0.2) is 4.98 Å². The Balaban J connectivity index is 1.91. The van der Waals surface area contributed by atoms with Crippen LogP contribution in [0.15, 0.2) is 36.7 Å². The Morgan fingerprint density at radius 2 is 2.05 bits per heavy atom. The Kier molecular flexibility index (Phi) is 4.15. The van der Waals surface area contributed by atoms with Gasteiger partial charge in [-0.3, -0.25) is 0 Å².